The molecule has 17 nitrogen and oxygen atoms in total. The highest BCUT2D eigenvalue weighted by Gasteiger charge is 2.30. The third-order valence-electron chi connectivity index (χ3n) is 20.2. The molecule has 0 spiro atoms. The number of esters is 4. The van der Waals surface area contributed by atoms with Crippen LogP contribution in [0.3, 0.4) is 0 Å². The van der Waals surface area contributed by atoms with Crippen LogP contribution in [0.4, 0.5) is 0 Å². The van der Waals surface area contributed by atoms with Crippen molar-refractivity contribution in [3.8, 4) is 0 Å². The average molecular weight is 1540 g/mol. The van der Waals surface area contributed by atoms with E-state index in [1.807, 2.05) is 0 Å². The van der Waals surface area contributed by atoms with E-state index in [-0.39, 0.29) is 25.7 Å². The molecule has 0 radical (unpaired) electrons. The summed E-state index contributed by atoms with van der Waals surface area (Å²) >= 11 is 0. The van der Waals surface area contributed by atoms with Crippen LogP contribution < -0.4 is 0 Å². The minimum absolute atomic E-state index is 0.109. The lowest BCUT2D eigenvalue weighted by Crippen LogP contribution is -2.30. The Labute approximate surface area is 645 Å². The molecule has 0 aromatic carbocycles. The van der Waals surface area contributed by atoms with E-state index in [0.717, 1.165) is 108 Å². The number of hydrogen-bond donors (Lipinski definition) is 3. The maximum atomic E-state index is 13.1. The van der Waals surface area contributed by atoms with Crippen molar-refractivity contribution in [2.24, 2.45) is 11.8 Å². The number of unbranched alkanes of at least 4 members (excludes halogenated alkanes) is 55. The van der Waals surface area contributed by atoms with Crippen LogP contribution in [0.5, 0.6) is 0 Å². The Bertz CT molecular complexity index is 2010. The number of carbonyl (C=O) groups excluding carboxylic acids is 4. The number of aliphatic hydroxyl groups excluding tert-OH is 1. The lowest BCUT2D eigenvalue weighted by molar-refractivity contribution is -0.161. The Kier molecular flexibility index (Phi) is 76.0. The Morgan fingerprint density at radius 2 is 0.438 bits per heavy atom. The summed E-state index contributed by atoms with van der Waals surface area (Å²) in [5.41, 5.74) is 0. The molecule has 0 fully saturated rings. The van der Waals surface area contributed by atoms with Gasteiger partial charge in [-0.25, -0.2) is 9.13 Å². The molecule has 0 aromatic rings. The van der Waals surface area contributed by atoms with Crippen molar-refractivity contribution in [2.45, 2.75) is 477 Å². The van der Waals surface area contributed by atoms with Crippen molar-refractivity contribution >= 4 is 39.5 Å². The van der Waals surface area contributed by atoms with Crippen LogP contribution in [0, 0.1) is 11.8 Å². The summed E-state index contributed by atoms with van der Waals surface area (Å²) in [5, 5.41) is 10.7. The van der Waals surface area contributed by atoms with Gasteiger partial charge in [-0.3, -0.25) is 37.3 Å². The van der Waals surface area contributed by atoms with Gasteiger partial charge < -0.3 is 33.8 Å². The standard InChI is InChI=1S/C86H168O17P2/c1-7-9-11-13-15-17-18-19-20-21-25-30-36-41-46-52-58-64-70-85(90)102-81(74-96-83(88)68-62-56-50-16-14-12-10-8-2)76-100-104(92,93)98-72-80(87)73-99-105(94,95)101-77-82(75-97-84(89)69-63-57-51-45-40-35-32-27-29-34-39-44-49-55-61-67-79(5)6)103-86(91)71-65-59-53-47-42-37-31-26-23-22-24-28-33-38-43-48-54-60-66-78(3)4/h78-82,87H,7-77H2,1-6H3,(H,92,93)(H,94,95)/t80-,81+,82+/m0/s1. The summed E-state index contributed by atoms with van der Waals surface area (Å²) in [6.45, 7) is 9.71. The lowest BCUT2D eigenvalue weighted by Gasteiger charge is -2.21. The predicted octanol–water partition coefficient (Wildman–Crippen LogP) is 26.2. The fourth-order valence-corrected chi connectivity index (χ4v) is 15.0. The SMILES string of the molecule is CCCCCCCCCCCCCCCCCCCCC(=O)O[C@H](COC(=O)CCCCCCCCCC)COP(=O)(O)OC[C@H](O)COP(=O)(O)OC[C@@H](COC(=O)CCCCCCCCCCCCCCCCCC(C)C)OC(=O)CCCCCCCCCCCCCCCCCCCCC(C)C. The molecule has 105 heavy (non-hydrogen) atoms. The van der Waals surface area contributed by atoms with Gasteiger partial charge in [-0.15, -0.1) is 0 Å². The topological polar surface area (TPSA) is 237 Å². The zero-order valence-corrected chi connectivity index (χ0v) is 70.8. The van der Waals surface area contributed by atoms with E-state index in [1.165, 1.54) is 270 Å². The Morgan fingerprint density at radius 1 is 0.257 bits per heavy atom. The molecule has 3 N–H and O–H groups in total. The van der Waals surface area contributed by atoms with Gasteiger partial charge in [-0.05, 0) is 37.5 Å². The number of phosphoric ester groups is 2. The molecule has 0 rings (SSSR count). The first-order valence-corrected chi connectivity index (χ1v) is 47.5. The normalized spacial score (nSPS) is 13.8. The first-order chi connectivity index (χ1) is 50.9. The van der Waals surface area contributed by atoms with Crippen LogP contribution in [0.25, 0.3) is 0 Å². The van der Waals surface area contributed by atoms with Crippen molar-refractivity contribution in [3.05, 3.63) is 0 Å². The van der Waals surface area contributed by atoms with Gasteiger partial charge in [0.15, 0.2) is 12.2 Å². The van der Waals surface area contributed by atoms with Crippen molar-refractivity contribution in [1.82, 2.24) is 0 Å². The van der Waals surface area contributed by atoms with Crippen LogP contribution >= 0.6 is 15.6 Å². The lowest BCUT2D eigenvalue weighted by atomic mass is 10.0. The molecule has 5 atom stereocenters. The predicted molar refractivity (Wildman–Crippen MR) is 432 cm³/mol. The highest BCUT2D eigenvalue weighted by atomic mass is 31.2. The van der Waals surface area contributed by atoms with E-state index in [1.54, 1.807) is 0 Å². The monoisotopic (exact) mass is 1540 g/mol. The van der Waals surface area contributed by atoms with Gasteiger partial charge in [0.05, 0.1) is 26.4 Å². The molecule has 0 saturated heterocycles. The smallest absolute Gasteiger partial charge is 0.462 e. The molecule has 19 heteroatoms. The first kappa shape index (κ1) is 103. The molecule has 0 heterocycles. The van der Waals surface area contributed by atoms with Gasteiger partial charge in [-0.2, -0.15) is 0 Å². The minimum Gasteiger partial charge on any atom is -0.462 e. The van der Waals surface area contributed by atoms with Crippen molar-refractivity contribution in [3.63, 3.8) is 0 Å². The van der Waals surface area contributed by atoms with Gasteiger partial charge in [-0.1, -0.05) is 408 Å². The summed E-state index contributed by atoms with van der Waals surface area (Å²) in [6.07, 6.45) is 69.5. The van der Waals surface area contributed by atoms with E-state index >= 15 is 0 Å². The molecule has 0 bridgehead atoms. The Morgan fingerprint density at radius 3 is 0.648 bits per heavy atom. The van der Waals surface area contributed by atoms with E-state index in [4.69, 9.17) is 37.0 Å². The van der Waals surface area contributed by atoms with Gasteiger partial charge in [0.25, 0.3) is 0 Å². The molecule has 624 valence electrons. The number of hydrogen-bond acceptors (Lipinski definition) is 15. The zero-order chi connectivity index (χ0) is 77.1. The average Bonchev–Trinajstić information content (AvgIpc) is 0.906. The minimum atomic E-state index is -4.96. The highest BCUT2D eigenvalue weighted by Crippen LogP contribution is 2.45. The second kappa shape index (κ2) is 77.4. The number of phosphoric acid groups is 2. The van der Waals surface area contributed by atoms with Crippen LogP contribution in [-0.4, -0.2) is 96.7 Å². The number of rotatable bonds is 85. The van der Waals surface area contributed by atoms with E-state index < -0.39 is 97.5 Å². The molecule has 0 aliphatic rings. The number of aliphatic hydroxyl groups is 1. The van der Waals surface area contributed by atoms with E-state index in [9.17, 15) is 43.2 Å². The molecule has 0 saturated carbocycles. The van der Waals surface area contributed by atoms with Gasteiger partial charge in [0.1, 0.15) is 19.3 Å². The van der Waals surface area contributed by atoms with E-state index in [2.05, 4.69) is 41.5 Å². The van der Waals surface area contributed by atoms with Gasteiger partial charge in [0.2, 0.25) is 0 Å². The molecular formula is C86H168O17P2. The van der Waals surface area contributed by atoms with Crippen LogP contribution in [0.2, 0.25) is 0 Å². The summed E-state index contributed by atoms with van der Waals surface area (Å²) < 4.78 is 68.8. The largest absolute Gasteiger partial charge is 0.472 e. The quantitative estimate of drug-likeness (QED) is 0.0222. The number of carbonyl (C=O) groups is 4. The van der Waals surface area contributed by atoms with E-state index in [0.29, 0.717) is 25.7 Å². The van der Waals surface area contributed by atoms with Crippen LogP contribution in [0.15, 0.2) is 0 Å². The zero-order valence-electron chi connectivity index (χ0n) is 69.0. The van der Waals surface area contributed by atoms with Crippen molar-refractivity contribution in [2.75, 3.05) is 39.6 Å². The summed E-state index contributed by atoms with van der Waals surface area (Å²) in [6, 6.07) is 0. The second-order valence-electron chi connectivity index (χ2n) is 31.9. The first-order valence-electron chi connectivity index (χ1n) is 44.5. The fraction of sp³-hybridized carbons (Fsp3) is 0.953. The third kappa shape index (κ3) is 79.9. The molecular weight excluding hydrogens is 1370 g/mol. The molecule has 0 aliphatic carbocycles. The molecule has 2 unspecified atom stereocenters. The second-order valence-corrected chi connectivity index (χ2v) is 34.8. The molecule has 0 aliphatic heterocycles. The summed E-state index contributed by atoms with van der Waals surface area (Å²) in [5.74, 6) is -0.478. The summed E-state index contributed by atoms with van der Waals surface area (Å²) in [7, 11) is -9.92. The molecule has 0 aromatic heterocycles. The van der Waals surface area contributed by atoms with Crippen molar-refractivity contribution in [1.29, 1.82) is 0 Å². The van der Waals surface area contributed by atoms with Crippen molar-refractivity contribution < 1.29 is 80.2 Å². The van der Waals surface area contributed by atoms with Gasteiger partial charge in [0, 0.05) is 25.7 Å². The maximum Gasteiger partial charge on any atom is 0.472 e. The molecule has 0 amide bonds. The number of ether oxygens (including phenoxy) is 4. The third-order valence-corrected chi connectivity index (χ3v) is 22.1. The van der Waals surface area contributed by atoms with Gasteiger partial charge >= 0.3 is 39.5 Å². The maximum absolute atomic E-state index is 13.1. The fourth-order valence-electron chi connectivity index (χ4n) is 13.4. The Balaban J connectivity index is 5.18. The summed E-state index contributed by atoms with van der Waals surface area (Å²) in [4.78, 5) is 73.1. The Hall–Kier alpha value is -1.94. The van der Waals surface area contributed by atoms with Crippen LogP contribution in [-0.2, 0) is 65.4 Å². The van der Waals surface area contributed by atoms with Crippen LogP contribution in [0.1, 0.15) is 459 Å². The highest BCUT2D eigenvalue weighted by molar-refractivity contribution is 7.47.